The number of aryl methyl sites for hydroxylation is 1. The van der Waals surface area contributed by atoms with E-state index in [1.807, 2.05) is 6.92 Å². The van der Waals surface area contributed by atoms with Gasteiger partial charge in [0.25, 0.3) is 0 Å². The molecule has 0 heterocycles. The molecular weight excluding hydrogens is 291 g/mol. The van der Waals surface area contributed by atoms with Crippen molar-refractivity contribution in [1.29, 1.82) is 0 Å². The van der Waals surface area contributed by atoms with Crippen LogP contribution in [0, 0.1) is 12.7 Å². The van der Waals surface area contributed by atoms with E-state index >= 15 is 0 Å². The quantitative estimate of drug-likeness (QED) is 0.890. The van der Waals surface area contributed by atoms with Gasteiger partial charge in [-0.05, 0) is 48.2 Å². The van der Waals surface area contributed by atoms with E-state index in [1.165, 1.54) is 12.1 Å². The topological polar surface area (TPSA) is 40.5 Å². The van der Waals surface area contributed by atoms with E-state index in [1.54, 1.807) is 30.3 Å². The number of hydrogen-bond acceptors (Lipinski definition) is 2. The standard InChI is InChI=1S/C17H18ClFO2/c1-12-6-7-14(19)8-13(12)9-17(10-20,11-21)15-4-2-3-5-16(15)18/h2-8,20-21H,9-11H2,1H3. The van der Waals surface area contributed by atoms with Gasteiger partial charge < -0.3 is 10.2 Å². The van der Waals surface area contributed by atoms with Gasteiger partial charge in [0, 0.05) is 10.4 Å². The highest BCUT2D eigenvalue weighted by Crippen LogP contribution is 2.34. The molecule has 2 rings (SSSR count). The molecule has 2 aromatic carbocycles. The highest BCUT2D eigenvalue weighted by molar-refractivity contribution is 6.31. The second-order valence-corrected chi connectivity index (χ2v) is 5.73. The van der Waals surface area contributed by atoms with Crippen molar-refractivity contribution >= 4 is 11.6 Å². The maximum Gasteiger partial charge on any atom is 0.123 e. The van der Waals surface area contributed by atoms with Crippen LogP contribution < -0.4 is 0 Å². The molecule has 0 unspecified atom stereocenters. The lowest BCUT2D eigenvalue weighted by Gasteiger charge is -2.32. The summed E-state index contributed by atoms with van der Waals surface area (Å²) < 4.78 is 13.5. The fraction of sp³-hybridized carbons (Fsp3) is 0.294. The van der Waals surface area contributed by atoms with E-state index in [-0.39, 0.29) is 19.0 Å². The molecule has 0 aliphatic carbocycles. The van der Waals surface area contributed by atoms with Gasteiger partial charge in [-0.1, -0.05) is 35.9 Å². The van der Waals surface area contributed by atoms with Crippen LogP contribution in [0.25, 0.3) is 0 Å². The molecule has 0 aromatic heterocycles. The molecule has 112 valence electrons. The molecule has 21 heavy (non-hydrogen) atoms. The van der Waals surface area contributed by atoms with Gasteiger partial charge in [-0.25, -0.2) is 4.39 Å². The summed E-state index contributed by atoms with van der Waals surface area (Å²) in [4.78, 5) is 0. The molecular formula is C17H18ClFO2. The van der Waals surface area contributed by atoms with E-state index in [2.05, 4.69) is 0 Å². The Bertz CT molecular complexity index is 624. The van der Waals surface area contributed by atoms with Crippen molar-refractivity contribution in [3.63, 3.8) is 0 Å². The number of hydrogen-bond donors (Lipinski definition) is 2. The average Bonchev–Trinajstić information content (AvgIpc) is 2.49. The number of aliphatic hydroxyl groups excluding tert-OH is 2. The molecule has 2 N–H and O–H groups in total. The highest BCUT2D eigenvalue weighted by atomic mass is 35.5. The predicted molar refractivity (Wildman–Crippen MR) is 82.1 cm³/mol. The minimum Gasteiger partial charge on any atom is -0.395 e. The van der Waals surface area contributed by atoms with Gasteiger partial charge >= 0.3 is 0 Å². The third-order valence-corrected chi connectivity index (χ3v) is 4.22. The number of rotatable bonds is 5. The van der Waals surface area contributed by atoms with Crippen LogP contribution in [0.2, 0.25) is 5.02 Å². The molecule has 0 fully saturated rings. The summed E-state index contributed by atoms with van der Waals surface area (Å²) in [5, 5.41) is 20.2. The van der Waals surface area contributed by atoms with Crippen LogP contribution in [0.5, 0.6) is 0 Å². The van der Waals surface area contributed by atoms with Gasteiger partial charge in [-0.15, -0.1) is 0 Å². The molecule has 0 aliphatic rings. The Balaban J connectivity index is 2.48. The Morgan fingerprint density at radius 2 is 1.76 bits per heavy atom. The van der Waals surface area contributed by atoms with Crippen LogP contribution >= 0.6 is 11.6 Å². The van der Waals surface area contributed by atoms with E-state index in [0.29, 0.717) is 17.0 Å². The van der Waals surface area contributed by atoms with Crippen LogP contribution in [0.4, 0.5) is 4.39 Å². The van der Waals surface area contributed by atoms with Crippen LogP contribution in [-0.2, 0) is 11.8 Å². The molecule has 0 saturated carbocycles. The van der Waals surface area contributed by atoms with Gasteiger partial charge in [0.1, 0.15) is 5.82 Å². The lowest BCUT2D eigenvalue weighted by Crippen LogP contribution is -2.37. The molecule has 4 heteroatoms. The summed E-state index contributed by atoms with van der Waals surface area (Å²) in [5.41, 5.74) is 1.39. The average molecular weight is 309 g/mol. The first kappa shape index (κ1) is 16.0. The maximum atomic E-state index is 13.5. The zero-order chi connectivity index (χ0) is 15.5. The molecule has 0 spiro atoms. The molecule has 0 saturated heterocycles. The summed E-state index contributed by atoms with van der Waals surface area (Å²) >= 11 is 6.21. The third kappa shape index (κ3) is 3.26. The number of halogens is 2. The molecule has 0 atom stereocenters. The van der Waals surface area contributed by atoms with Crippen molar-refractivity contribution in [2.24, 2.45) is 0 Å². The zero-order valence-electron chi connectivity index (χ0n) is 11.8. The van der Waals surface area contributed by atoms with Crippen LogP contribution in [0.1, 0.15) is 16.7 Å². The summed E-state index contributed by atoms with van der Waals surface area (Å²) in [6, 6.07) is 11.6. The summed E-state index contributed by atoms with van der Waals surface area (Å²) in [7, 11) is 0. The van der Waals surface area contributed by atoms with Crippen molar-refractivity contribution < 1.29 is 14.6 Å². The largest absolute Gasteiger partial charge is 0.395 e. The van der Waals surface area contributed by atoms with Crippen molar-refractivity contribution in [3.05, 3.63) is 70.0 Å². The second kappa shape index (κ2) is 6.56. The SMILES string of the molecule is Cc1ccc(F)cc1CC(CO)(CO)c1ccccc1Cl. The molecule has 0 radical (unpaired) electrons. The van der Waals surface area contributed by atoms with Gasteiger partial charge in [0.15, 0.2) is 0 Å². The first-order valence-electron chi connectivity index (χ1n) is 6.74. The number of benzene rings is 2. The van der Waals surface area contributed by atoms with E-state index < -0.39 is 5.41 Å². The van der Waals surface area contributed by atoms with Crippen LogP contribution in [0.3, 0.4) is 0 Å². The molecule has 2 nitrogen and oxygen atoms in total. The predicted octanol–water partition coefficient (Wildman–Crippen LogP) is 3.25. The summed E-state index contributed by atoms with van der Waals surface area (Å²) in [5.74, 6) is -0.334. The van der Waals surface area contributed by atoms with Crippen LogP contribution in [0.15, 0.2) is 42.5 Å². The Hall–Kier alpha value is -1.42. The monoisotopic (exact) mass is 308 g/mol. The maximum absolute atomic E-state index is 13.5. The number of aliphatic hydroxyl groups is 2. The lowest BCUT2D eigenvalue weighted by molar-refractivity contribution is 0.116. The Labute approximate surface area is 128 Å². The Kier molecular flexibility index (Phi) is 4.99. The Morgan fingerprint density at radius 1 is 1.10 bits per heavy atom. The smallest absolute Gasteiger partial charge is 0.123 e. The van der Waals surface area contributed by atoms with Crippen molar-refractivity contribution in [3.8, 4) is 0 Å². The minimum absolute atomic E-state index is 0.275. The fourth-order valence-corrected chi connectivity index (χ4v) is 2.85. The second-order valence-electron chi connectivity index (χ2n) is 5.32. The van der Waals surface area contributed by atoms with Crippen molar-refractivity contribution in [2.75, 3.05) is 13.2 Å². The molecule has 0 aliphatic heterocycles. The minimum atomic E-state index is -0.934. The molecule has 2 aromatic rings. The van der Waals surface area contributed by atoms with Gasteiger partial charge in [0.05, 0.1) is 13.2 Å². The van der Waals surface area contributed by atoms with E-state index in [4.69, 9.17) is 11.6 Å². The molecule has 0 amide bonds. The highest BCUT2D eigenvalue weighted by Gasteiger charge is 2.33. The summed E-state index contributed by atoms with van der Waals surface area (Å²) in [6.45, 7) is 1.33. The van der Waals surface area contributed by atoms with E-state index in [9.17, 15) is 14.6 Å². The normalized spacial score (nSPS) is 11.7. The fourth-order valence-electron chi connectivity index (χ4n) is 2.51. The first-order chi connectivity index (χ1) is 10.0. The van der Waals surface area contributed by atoms with Crippen molar-refractivity contribution in [2.45, 2.75) is 18.8 Å². The summed E-state index contributed by atoms with van der Waals surface area (Å²) in [6.07, 6.45) is 0.313. The van der Waals surface area contributed by atoms with Gasteiger partial charge in [-0.2, -0.15) is 0 Å². The van der Waals surface area contributed by atoms with Crippen LogP contribution in [-0.4, -0.2) is 23.4 Å². The van der Waals surface area contributed by atoms with E-state index in [0.717, 1.165) is 11.1 Å². The third-order valence-electron chi connectivity index (χ3n) is 3.89. The van der Waals surface area contributed by atoms with Crippen molar-refractivity contribution in [1.82, 2.24) is 0 Å². The van der Waals surface area contributed by atoms with Gasteiger partial charge in [-0.3, -0.25) is 0 Å². The van der Waals surface area contributed by atoms with Gasteiger partial charge in [0.2, 0.25) is 0 Å². The Morgan fingerprint density at radius 3 is 2.38 bits per heavy atom. The first-order valence-corrected chi connectivity index (χ1v) is 7.12. The lowest BCUT2D eigenvalue weighted by atomic mass is 9.76. The molecule has 0 bridgehead atoms. The zero-order valence-corrected chi connectivity index (χ0v) is 12.6.